The van der Waals surface area contributed by atoms with E-state index in [0.29, 0.717) is 23.7 Å². The molecule has 3 aromatic rings. The Hall–Kier alpha value is -3.03. The lowest BCUT2D eigenvalue weighted by Gasteiger charge is -2.36. The lowest BCUT2D eigenvalue weighted by atomic mass is 9.83. The van der Waals surface area contributed by atoms with Gasteiger partial charge in [-0.3, -0.25) is 9.69 Å². The van der Waals surface area contributed by atoms with Gasteiger partial charge >= 0.3 is 0 Å². The lowest BCUT2D eigenvalue weighted by molar-refractivity contribution is -0.135. The molecule has 0 unspecified atom stereocenters. The summed E-state index contributed by atoms with van der Waals surface area (Å²) in [5, 5.41) is 0. The second kappa shape index (κ2) is 13.6. The van der Waals surface area contributed by atoms with Gasteiger partial charge in [0, 0.05) is 60.9 Å². The SMILES string of the molecule is COc1ccc(CN2CCN(C(=O)CC(C)(C)CCc3ccc(Cc4ccc(C)cc4)s3)CC2)c(OC)c1OC. The van der Waals surface area contributed by atoms with Crippen LogP contribution in [-0.2, 0) is 24.2 Å². The average Bonchev–Trinajstić information content (AvgIpc) is 3.40. The maximum Gasteiger partial charge on any atom is 0.223 e. The van der Waals surface area contributed by atoms with Gasteiger partial charge in [-0.25, -0.2) is 0 Å². The molecule has 1 aromatic heterocycles. The fourth-order valence-electron chi connectivity index (χ4n) is 5.31. The van der Waals surface area contributed by atoms with Crippen molar-refractivity contribution >= 4 is 17.2 Å². The number of piperazine rings is 1. The molecule has 0 N–H and O–H groups in total. The third-order valence-electron chi connectivity index (χ3n) is 7.80. The van der Waals surface area contributed by atoms with Crippen molar-refractivity contribution in [3.8, 4) is 17.2 Å². The molecule has 0 radical (unpaired) electrons. The highest BCUT2D eigenvalue weighted by molar-refractivity contribution is 7.12. The van der Waals surface area contributed by atoms with E-state index in [0.717, 1.165) is 57.5 Å². The van der Waals surface area contributed by atoms with Gasteiger partial charge in [-0.1, -0.05) is 49.7 Å². The van der Waals surface area contributed by atoms with E-state index in [1.165, 1.54) is 20.9 Å². The van der Waals surface area contributed by atoms with Crippen LogP contribution in [0.3, 0.4) is 0 Å². The number of amides is 1. The van der Waals surface area contributed by atoms with Crippen LogP contribution in [0.25, 0.3) is 0 Å². The van der Waals surface area contributed by atoms with Gasteiger partial charge in [0.05, 0.1) is 21.3 Å². The van der Waals surface area contributed by atoms with Crippen LogP contribution in [0.5, 0.6) is 17.2 Å². The molecule has 1 fully saturated rings. The highest BCUT2D eigenvalue weighted by Crippen LogP contribution is 2.40. The number of ether oxygens (including phenoxy) is 3. The molecule has 2 aromatic carbocycles. The summed E-state index contributed by atoms with van der Waals surface area (Å²) in [4.78, 5) is 20.4. The van der Waals surface area contributed by atoms with Crippen molar-refractivity contribution in [3.05, 3.63) is 75.0 Å². The van der Waals surface area contributed by atoms with Crippen molar-refractivity contribution in [1.29, 1.82) is 0 Å². The molecule has 1 saturated heterocycles. The minimum absolute atomic E-state index is 0.0393. The molecular weight excluding hydrogens is 520 g/mol. The predicted molar refractivity (Wildman–Crippen MR) is 163 cm³/mol. The van der Waals surface area contributed by atoms with E-state index >= 15 is 0 Å². The van der Waals surface area contributed by atoms with Crippen LogP contribution >= 0.6 is 11.3 Å². The van der Waals surface area contributed by atoms with Crippen molar-refractivity contribution in [2.75, 3.05) is 47.5 Å². The molecule has 0 atom stereocenters. The van der Waals surface area contributed by atoms with Crippen LogP contribution in [0.2, 0.25) is 0 Å². The first-order valence-electron chi connectivity index (χ1n) is 14.1. The van der Waals surface area contributed by atoms with Gasteiger partial charge in [0.15, 0.2) is 11.5 Å². The molecule has 0 spiro atoms. The van der Waals surface area contributed by atoms with Gasteiger partial charge in [-0.15, -0.1) is 11.3 Å². The first kappa shape index (κ1) is 29.9. The number of benzene rings is 2. The molecule has 2 heterocycles. The highest BCUT2D eigenvalue weighted by atomic mass is 32.1. The third-order valence-corrected chi connectivity index (χ3v) is 8.94. The van der Waals surface area contributed by atoms with E-state index in [9.17, 15) is 4.79 Å². The van der Waals surface area contributed by atoms with E-state index in [4.69, 9.17) is 14.2 Å². The number of nitrogens with zero attached hydrogens (tertiary/aromatic N) is 2. The Labute approximate surface area is 243 Å². The number of hydrogen-bond acceptors (Lipinski definition) is 6. The first-order chi connectivity index (χ1) is 19.2. The Morgan fingerprint density at radius 1 is 0.850 bits per heavy atom. The normalized spacial score (nSPS) is 14.3. The van der Waals surface area contributed by atoms with E-state index in [2.05, 4.69) is 62.1 Å². The summed E-state index contributed by atoms with van der Waals surface area (Å²) in [5.41, 5.74) is 3.66. The molecule has 6 nitrogen and oxygen atoms in total. The number of rotatable bonds is 12. The van der Waals surface area contributed by atoms with Gasteiger partial charge in [-0.05, 0) is 48.9 Å². The second-order valence-electron chi connectivity index (χ2n) is 11.5. The van der Waals surface area contributed by atoms with E-state index < -0.39 is 0 Å². The van der Waals surface area contributed by atoms with Crippen molar-refractivity contribution in [1.82, 2.24) is 9.80 Å². The molecule has 1 aliphatic heterocycles. The number of carbonyl (C=O) groups excluding carboxylic acids is 1. The van der Waals surface area contributed by atoms with Gasteiger partial charge in [0.1, 0.15) is 0 Å². The van der Waals surface area contributed by atoms with Gasteiger partial charge in [0.2, 0.25) is 11.7 Å². The van der Waals surface area contributed by atoms with Gasteiger partial charge < -0.3 is 19.1 Å². The number of thiophene rings is 1. The number of carbonyl (C=O) groups is 1. The maximum atomic E-state index is 13.2. The van der Waals surface area contributed by atoms with Gasteiger partial charge in [0.25, 0.3) is 0 Å². The largest absolute Gasteiger partial charge is 0.493 e. The van der Waals surface area contributed by atoms with Crippen LogP contribution < -0.4 is 14.2 Å². The Morgan fingerprint density at radius 2 is 1.52 bits per heavy atom. The topological polar surface area (TPSA) is 51.2 Å². The van der Waals surface area contributed by atoms with Crippen molar-refractivity contribution in [2.45, 2.75) is 53.0 Å². The fourth-order valence-corrected chi connectivity index (χ4v) is 6.37. The Balaban J connectivity index is 1.24. The molecular formula is C33H44N2O4S. The van der Waals surface area contributed by atoms with Crippen LogP contribution in [0, 0.1) is 12.3 Å². The summed E-state index contributed by atoms with van der Waals surface area (Å²) < 4.78 is 16.6. The number of hydrogen-bond donors (Lipinski definition) is 0. The summed E-state index contributed by atoms with van der Waals surface area (Å²) in [5.74, 6) is 2.24. The fraction of sp³-hybridized carbons (Fsp3) is 0.485. The standard InChI is InChI=1S/C33H44N2O4S/c1-24-7-9-25(10-8-24)21-28-13-12-27(40-28)15-16-33(2,3)22-30(36)35-19-17-34(18-20-35)23-26-11-14-29(37-4)32(39-6)31(26)38-5/h7-14H,15-23H2,1-6H3. The summed E-state index contributed by atoms with van der Waals surface area (Å²) in [7, 11) is 4.91. The second-order valence-corrected chi connectivity index (χ2v) is 12.8. The molecule has 7 heteroatoms. The van der Waals surface area contributed by atoms with E-state index in [1.807, 2.05) is 28.4 Å². The highest BCUT2D eigenvalue weighted by Gasteiger charge is 2.28. The Kier molecular flexibility index (Phi) is 10.1. The zero-order valence-corrected chi connectivity index (χ0v) is 25.7. The summed E-state index contributed by atoms with van der Waals surface area (Å²) in [6, 6.07) is 17.3. The quantitative estimate of drug-likeness (QED) is 0.256. The maximum absolute atomic E-state index is 13.2. The van der Waals surface area contributed by atoms with Gasteiger partial charge in [-0.2, -0.15) is 0 Å². The summed E-state index contributed by atoms with van der Waals surface area (Å²) in [6.45, 7) is 10.5. The van der Waals surface area contributed by atoms with Crippen LogP contribution in [0.4, 0.5) is 0 Å². The molecule has 40 heavy (non-hydrogen) atoms. The monoisotopic (exact) mass is 564 g/mol. The number of aryl methyl sites for hydroxylation is 2. The molecule has 216 valence electrons. The van der Waals surface area contributed by atoms with Crippen LogP contribution in [0.1, 0.15) is 53.1 Å². The van der Waals surface area contributed by atoms with Crippen molar-refractivity contribution < 1.29 is 19.0 Å². The molecule has 0 aliphatic carbocycles. The van der Waals surface area contributed by atoms with E-state index in [1.54, 1.807) is 21.3 Å². The average molecular weight is 565 g/mol. The summed E-state index contributed by atoms with van der Waals surface area (Å²) in [6.07, 6.45) is 3.58. The Morgan fingerprint density at radius 3 is 2.17 bits per heavy atom. The minimum atomic E-state index is -0.0393. The molecule has 0 bridgehead atoms. The Bertz CT molecular complexity index is 1260. The lowest BCUT2D eigenvalue weighted by Crippen LogP contribution is -2.49. The molecule has 1 aliphatic rings. The van der Waals surface area contributed by atoms with Crippen molar-refractivity contribution in [2.24, 2.45) is 5.41 Å². The summed E-state index contributed by atoms with van der Waals surface area (Å²) >= 11 is 1.90. The molecule has 1 amide bonds. The van der Waals surface area contributed by atoms with E-state index in [-0.39, 0.29) is 11.3 Å². The van der Waals surface area contributed by atoms with Crippen molar-refractivity contribution in [3.63, 3.8) is 0 Å². The predicted octanol–water partition coefficient (Wildman–Crippen LogP) is 6.37. The minimum Gasteiger partial charge on any atom is -0.493 e. The molecule has 4 rings (SSSR count). The smallest absolute Gasteiger partial charge is 0.223 e. The van der Waals surface area contributed by atoms with Crippen LogP contribution in [-0.4, -0.2) is 63.2 Å². The third kappa shape index (κ3) is 7.79. The van der Waals surface area contributed by atoms with Crippen LogP contribution in [0.15, 0.2) is 48.5 Å². The zero-order valence-electron chi connectivity index (χ0n) is 24.9. The zero-order chi connectivity index (χ0) is 28.7. The number of methoxy groups -OCH3 is 3. The molecule has 0 saturated carbocycles. The first-order valence-corrected chi connectivity index (χ1v) is 14.9.